The standard InChI is InChI=1S/C20H23ClN2O6/c1-28-14-2-3-15(16(5-14)23(26)27)22-17(24)10-29-18(25)19-6-12-4-13(7-19)9-20(21,8-12)11-19/h2-3,5,12-13H,4,6-11H2,1H3,(H,22,24)/t12-,13+,19?,20?. The molecule has 1 aromatic rings. The molecular weight excluding hydrogens is 400 g/mol. The molecule has 0 saturated heterocycles. The highest BCUT2D eigenvalue weighted by molar-refractivity contribution is 6.24. The maximum absolute atomic E-state index is 12.9. The summed E-state index contributed by atoms with van der Waals surface area (Å²) in [5.74, 6) is 0.181. The van der Waals surface area contributed by atoms with Crippen LogP contribution < -0.4 is 10.1 Å². The third kappa shape index (κ3) is 3.77. The van der Waals surface area contributed by atoms with E-state index in [4.69, 9.17) is 21.1 Å². The average Bonchev–Trinajstić information content (AvgIpc) is 2.64. The minimum Gasteiger partial charge on any atom is -0.496 e. The minimum absolute atomic E-state index is 0.0198. The van der Waals surface area contributed by atoms with Gasteiger partial charge in [-0.1, -0.05) is 0 Å². The van der Waals surface area contributed by atoms with Crippen LogP contribution in [-0.4, -0.2) is 35.4 Å². The van der Waals surface area contributed by atoms with Gasteiger partial charge in [-0.25, -0.2) is 0 Å². The first kappa shape index (κ1) is 19.9. The van der Waals surface area contributed by atoms with Crippen molar-refractivity contribution in [2.45, 2.75) is 43.4 Å². The van der Waals surface area contributed by atoms with Crippen molar-refractivity contribution in [3.63, 3.8) is 0 Å². The first-order chi connectivity index (χ1) is 13.7. The number of rotatable bonds is 6. The summed E-state index contributed by atoms with van der Waals surface area (Å²) in [6.45, 7) is -0.492. The zero-order valence-corrected chi connectivity index (χ0v) is 16.9. The number of amides is 1. The summed E-state index contributed by atoms with van der Waals surface area (Å²) in [5, 5.41) is 13.7. The van der Waals surface area contributed by atoms with Crippen LogP contribution in [0.15, 0.2) is 18.2 Å². The summed E-state index contributed by atoms with van der Waals surface area (Å²) in [4.78, 5) is 35.4. The lowest BCUT2D eigenvalue weighted by molar-refractivity contribution is -0.384. The molecule has 8 nitrogen and oxygen atoms in total. The highest BCUT2D eigenvalue weighted by Gasteiger charge is 2.60. The molecule has 1 N–H and O–H groups in total. The Morgan fingerprint density at radius 3 is 2.55 bits per heavy atom. The number of nitrogens with one attached hydrogen (secondary N) is 1. The Labute approximate surface area is 173 Å². The zero-order chi connectivity index (χ0) is 20.8. The minimum atomic E-state index is -0.628. The molecular formula is C20H23ClN2O6. The van der Waals surface area contributed by atoms with E-state index in [-0.39, 0.29) is 22.2 Å². The molecule has 0 aromatic heterocycles. The van der Waals surface area contributed by atoms with Crippen molar-refractivity contribution in [2.24, 2.45) is 17.3 Å². The van der Waals surface area contributed by atoms with Crippen molar-refractivity contribution in [3.8, 4) is 5.75 Å². The number of benzene rings is 1. The Bertz CT molecular complexity index is 859. The van der Waals surface area contributed by atoms with Crippen LogP contribution in [-0.2, 0) is 14.3 Å². The molecule has 29 heavy (non-hydrogen) atoms. The van der Waals surface area contributed by atoms with Gasteiger partial charge in [0.2, 0.25) is 0 Å². The largest absolute Gasteiger partial charge is 0.496 e. The van der Waals surface area contributed by atoms with Crippen molar-refractivity contribution in [1.29, 1.82) is 0 Å². The molecule has 9 heteroatoms. The third-order valence-electron chi connectivity index (χ3n) is 6.43. The molecule has 0 radical (unpaired) electrons. The summed E-state index contributed by atoms with van der Waals surface area (Å²) in [6.07, 6.45) is 5.14. The second-order valence-corrected chi connectivity index (χ2v) is 9.46. The van der Waals surface area contributed by atoms with Crippen molar-refractivity contribution in [3.05, 3.63) is 28.3 Å². The van der Waals surface area contributed by atoms with Gasteiger partial charge in [-0.15, -0.1) is 11.6 Å². The van der Waals surface area contributed by atoms with Crippen LogP contribution in [0.1, 0.15) is 38.5 Å². The quantitative estimate of drug-likeness (QED) is 0.324. The van der Waals surface area contributed by atoms with E-state index in [1.54, 1.807) is 0 Å². The van der Waals surface area contributed by atoms with Crippen LogP contribution in [0.25, 0.3) is 0 Å². The number of hydrogen-bond donors (Lipinski definition) is 1. The van der Waals surface area contributed by atoms with Crippen LogP contribution in [0.2, 0.25) is 0 Å². The fourth-order valence-corrected chi connectivity index (χ4v) is 6.45. The zero-order valence-electron chi connectivity index (χ0n) is 16.1. The van der Waals surface area contributed by atoms with Crippen molar-refractivity contribution < 1.29 is 24.0 Å². The topological polar surface area (TPSA) is 108 Å². The highest BCUT2D eigenvalue weighted by atomic mass is 35.5. The second-order valence-electron chi connectivity index (χ2n) is 8.66. The van der Waals surface area contributed by atoms with Gasteiger partial charge in [-0.05, 0) is 62.5 Å². The van der Waals surface area contributed by atoms with Crippen molar-refractivity contribution >= 4 is 34.9 Å². The Morgan fingerprint density at radius 2 is 1.97 bits per heavy atom. The lowest BCUT2D eigenvalue weighted by Gasteiger charge is -2.58. The molecule has 4 fully saturated rings. The van der Waals surface area contributed by atoms with E-state index in [1.165, 1.54) is 25.3 Å². The number of nitro benzene ring substituents is 1. The number of halogens is 1. The predicted molar refractivity (Wildman–Crippen MR) is 105 cm³/mol. The number of hydrogen-bond acceptors (Lipinski definition) is 6. The SMILES string of the molecule is COc1ccc(NC(=O)COC(=O)C23C[C@@H]4C[C@@H](CC(Cl)(C4)C2)C3)c([N+](=O)[O-])c1. The number of nitrogens with zero attached hydrogens (tertiary/aromatic N) is 1. The van der Waals surface area contributed by atoms with E-state index in [9.17, 15) is 19.7 Å². The fourth-order valence-electron chi connectivity index (χ4n) is 5.76. The summed E-state index contributed by atoms with van der Waals surface area (Å²) < 4.78 is 10.3. The van der Waals surface area contributed by atoms with Gasteiger partial charge in [0.05, 0.1) is 23.5 Å². The average molecular weight is 423 g/mol. The van der Waals surface area contributed by atoms with Crippen LogP contribution in [0.4, 0.5) is 11.4 Å². The van der Waals surface area contributed by atoms with E-state index >= 15 is 0 Å². The van der Waals surface area contributed by atoms with Crippen LogP contribution in [0.3, 0.4) is 0 Å². The van der Waals surface area contributed by atoms with Crippen molar-refractivity contribution in [2.75, 3.05) is 19.0 Å². The van der Waals surface area contributed by atoms with Crippen LogP contribution >= 0.6 is 11.6 Å². The number of ether oxygens (including phenoxy) is 2. The normalized spacial score (nSPS) is 31.9. The van der Waals surface area contributed by atoms with Gasteiger partial charge in [-0.3, -0.25) is 19.7 Å². The van der Waals surface area contributed by atoms with Gasteiger partial charge in [0, 0.05) is 4.87 Å². The molecule has 2 unspecified atom stereocenters. The fraction of sp³-hybridized carbons (Fsp3) is 0.600. The van der Waals surface area contributed by atoms with Crippen LogP contribution in [0, 0.1) is 27.4 Å². The molecule has 5 rings (SSSR count). The first-order valence-corrected chi connectivity index (χ1v) is 10.1. The molecule has 4 bridgehead atoms. The highest BCUT2D eigenvalue weighted by Crippen LogP contribution is 2.64. The second kappa shape index (κ2) is 7.16. The molecule has 1 aromatic carbocycles. The van der Waals surface area contributed by atoms with Gasteiger partial charge in [0.25, 0.3) is 11.6 Å². The number of nitro groups is 1. The molecule has 4 aliphatic carbocycles. The lowest BCUT2D eigenvalue weighted by atomic mass is 9.49. The molecule has 0 heterocycles. The molecule has 0 spiro atoms. The Morgan fingerprint density at radius 1 is 1.28 bits per heavy atom. The Kier molecular flexibility index (Phi) is 4.93. The molecule has 0 aliphatic heterocycles. The van der Waals surface area contributed by atoms with Gasteiger partial charge in [0.1, 0.15) is 11.4 Å². The number of anilines is 1. The van der Waals surface area contributed by atoms with E-state index in [1.807, 2.05) is 0 Å². The summed E-state index contributed by atoms with van der Waals surface area (Å²) in [6, 6.07) is 4.11. The van der Waals surface area contributed by atoms with E-state index in [0.29, 0.717) is 24.0 Å². The lowest BCUT2D eigenvalue weighted by Crippen LogP contribution is -2.56. The van der Waals surface area contributed by atoms with Gasteiger partial charge in [-0.2, -0.15) is 0 Å². The molecule has 156 valence electrons. The van der Waals surface area contributed by atoms with Gasteiger partial charge < -0.3 is 14.8 Å². The molecule has 4 aliphatic rings. The number of alkyl halides is 1. The molecule has 4 saturated carbocycles. The summed E-state index contributed by atoms with van der Waals surface area (Å²) in [7, 11) is 1.40. The Hall–Kier alpha value is -2.35. The van der Waals surface area contributed by atoms with E-state index in [0.717, 1.165) is 32.1 Å². The predicted octanol–water partition coefficient (Wildman–Crippen LogP) is 3.66. The number of esters is 1. The number of carbonyl (C=O) groups excluding carboxylic acids is 2. The summed E-state index contributed by atoms with van der Waals surface area (Å²) >= 11 is 6.75. The summed E-state index contributed by atoms with van der Waals surface area (Å²) in [5.41, 5.74) is -0.876. The van der Waals surface area contributed by atoms with E-state index in [2.05, 4.69) is 5.32 Å². The molecule has 4 atom stereocenters. The smallest absolute Gasteiger partial charge is 0.312 e. The monoisotopic (exact) mass is 422 g/mol. The maximum atomic E-state index is 12.9. The van der Waals surface area contributed by atoms with Crippen LogP contribution in [0.5, 0.6) is 5.75 Å². The number of methoxy groups -OCH3 is 1. The van der Waals surface area contributed by atoms with E-state index < -0.39 is 22.9 Å². The van der Waals surface area contributed by atoms with Gasteiger partial charge >= 0.3 is 5.97 Å². The first-order valence-electron chi connectivity index (χ1n) is 9.70. The third-order valence-corrected chi connectivity index (χ3v) is 6.87. The molecule has 1 amide bonds. The van der Waals surface area contributed by atoms with Gasteiger partial charge in [0.15, 0.2) is 6.61 Å². The van der Waals surface area contributed by atoms with Crippen molar-refractivity contribution in [1.82, 2.24) is 0 Å². The number of carbonyl (C=O) groups is 2. The maximum Gasteiger partial charge on any atom is 0.312 e. The Balaban J connectivity index is 1.39.